The van der Waals surface area contributed by atoms with Crippen LogP contribution in [0.5, 0.6) is 0 Å². The first-order valence-corrected chi connectivity index (χ1v) is 4.83. The first kappa shape index (κ1) is 12.2. The van der Waals surface area contributed by atoms with Crippen molar-refractivity contribution in [1.29, 1.82) is 0 Å². The molecule has 0 fully saturated rings. The van der Waals surface area contributed by atoms with Crippen molar-refractivity contribution < 1.29 is 19.8 Å². The number of aromatic carboxylic acids is 1. The van der Waals surface area contributed by atoms with Crippen molar-refractivity contribution in [2.75, 3.05) is 0 Å². The largest absolute Gasteiger partial charge is 0.478 e. The molecular formula is C11H13NO4. The molecule has 1 aromatic rings. The van der Waals surface area contributed by atoms with Crippen molar-refractivity contribution >= 4 is 11.9 Å². The van der Waals surface area contributed by atoms with Gasteiger partial charge in [0.05, 0.1) is 17.2 Å². The molecule has 16 heavy (non-hydrogen) atoms. The summed E-state index contributed by atoms with van der Waals surface area (Å²) in [5, 5.41) is 18.6. The summed E-state index contributed by atoms with van der Waals surface area (Å²) in [6, 6.07) is 4.26. The van der Waals surface area contributed by atoms with Crippen LogP contribution in [0.3, 0.4) is 0 Å². The van der Waals surface area contributed by atoms with Gasteiger partial charge in [-0.1, -0.05) is 19.1 Å². The number of aliphatic hydroxyl groups is 1. The standard InChI is InChI=1S/C11H13NO4/c1-2-8(13)6-4-3-5-7(11(15)16)9(6)10(12)14/h3-5,8,13H,2H2,1H3,(H2,12,14)(H,15,16). The number of rotatable bonds is 4. The van der Waals surface area contributed by atoms with E-state index in [1.54, 1.807) is 6.92 Å². The Morgan fingerprint density at radius 3 is 2.50 bits per heavy atom. The van der Waals surface area contributed by atoms with E-state index in [1.165, 1.54) is 18.2 Å². The monoisotopic (exact) mass is 223 g/mol. The van der Waals surface area contributed by atoms with Crippen molar-refractivity contribution in [2.24, 2.45) is 5.73 Å². The molecule has 0 aliphatic heterocycles. The Bertz CT molecular complexity index is 428. The fraction of sp³-hybridized carbons (Fsp3) is 0.273. The lowest BCUT2D eigenvalue weighted by molar-refractivity contribution is 0.0691. The van der Waals surface area contributed by atoms with Crippen LogP contribution in [-0.4, -0.2) is 22.1 Å². The Morgan fingerprint density at radius 1 is 1.44 bits per heavy atom. The average molecular weight is 223 g/mol. The number of carbonyl (C=O) groups excluding carboxylic acids is 1. The molecule has 0 aliphatic rings. The third-order valence-corrected chi connectivity index (χ3v) is 2.32. The van der Waals surface area contributed by atoms with E-state index >= 15 is 0 Å². The fourth-order valence-corrected chi connectivity index (χ4v) is 1.52. The van der Waals surface area contributed by atoms with E-state index in [1.807, 2.05) is 0 Å². The lowest BCUT2D eigenvalue weighted by Crippen LogP contribution is -2.20. The van der Waals surface area contributed by atoms with Gasteiger partial charge in [0.25, 0.3) is 0 Å². The van der Waals surface area contributed by atoms with Crippen LogP contribution in [0.2, 0.25) is 0 Å². The van der Waals surface area contributed by atoms with E-state index in [0.29, 0.717) is 6.42 Å². The molecule has 0 bridgehead atoms. The topological polar surface area (TPSA) is 101 Å². The highest BCUT2D eigenvalue weighted by atomic mass is 16.4. The lowest BCUT2D eigenvalue weighted by atomic mass is 9.95. The second-order valence-electron chi connectivity index (χ2n) is 3.36. The number of aliphatic hydroxyl groups excluding tert-OH is 1. The fourth-order valence-electron chi connectivity index (χ4n) is 1.52. The molecule has 1 unspecified atom stereocenters. The number of benzene rings is 1. The maximum atomic E-state index is 11.2. The summed E-state index contributed by atoms with van der Waals surface area (Å²) < 4.78 is 0. The van der Waals surface area contributed by atoms with Crippen molar-refractivity contribution in [3.05, 3.63) is 34.9 Å². The SMILES string of the molecule is CCC(O)c1cccc(C(=O)O)c1C(N)=O. The molecule has 0 saturated heterocycles. The van der Waals surface area contributed by atoms with Gasteiger partial charge in [-0.2, -0.15) is 0 Å². The smallest absolute Gasteiger partial charge is 0.336 e. The zero-order valence-corrected chi connectivity index (χ0v) is 8.80. The summed E-state index contributed by atoms with van der Waals surface area (Å²) in [7, 11) is 0. The molecule has 4 N–H and O–H groups in total. The number of carboxylic acid groups (broad SMARTS) is 1. The van der Waals surface area contributed by atoms with Gasteiger partial charge >= 0.3 is 5.97 Å². The lowest BCUT2D eigenvalue weighted by Gasteiger charge is -2.13. The maximum Gasteiger partial charge on any atom is 0.336 e. The summed E-state index contributed by atoms with van der Waals surface area (Å²) in [6.07, 6.45) is -0.509. The molecule has 5 nitrogen and oxygen atoms in total. The molecule has 0 saturated carbocycles. The minimum Gasteiger partial charge on any atom is -0.478 e. The van der Waals surface area contributed by atoms with Gasteiger partial charge in [-0.3, -0.25) is 4.79 Å². The molecule has 86 valence electrons. The van der Waals surface area contributed by atoms with Crippen LogP contribution in [0.1, 0.15) is 45.7 Å². The first-order chi connectivity index (χ1) is 7.49. The van der Waals surface area contributed by atoms with Crippen molar-refractivity contribution in [2.45, 2.75) is 19.4 Å². The number of nitrogens with two attached hydrogens (primary N) is 1. The van der Waals surface area contributed by atoms with Crippen molar-refractivity contribution in [3.8, 4) is 0 Å². The van der Waals surface area contributed by atoms with Gasteiger partial charge in [-0.25, -0.2) is 4.79 Å². The number of hydrogen-bond acceptors (Lipinski definition) is 3. The van der Waals surface area contributed by atoms with E-state index in [9.17, 15) is 14.7 Å². The van der Waals surface area contributed by atoms with E-state index < -0.39 is 18.0 Å². The molecule has 0 radical (unpaired) electrons. The summed E-state index contributed by atoms with van der Waals surface area (Å²) in [5.74, 6) is -2.08. The molecule has 0 spiro atoms. The van der Waals surface area contributed by atoms with Crippen LogP contribution in [0.25, 0.3) is 0 Å². The predicted molar refractivity (Wildman–Crippen MR) is 57.2 cm³/mol. The Hall–Kier alpha value is -1.88. The Morgan fingerprint density at radius 2 is 2.06 bits per heavy atom. The van der Waals surface area contributed by atoms with E-state index in [2.05, 4.69) is 0 Å². The second-order valence-corrected chi connectivity index (χ2v) is 3.36. The molecule has 1 atom stereocenters. The number of carboxylic acids is 1. The molecule has 1 amide bonds. The van der Waals surface area contributed by atoms with Crippen molar-refractivity contribution in [1.82, 2.24) is 0 Å². The molecule has 1 rings (SSSR count). The third-order valence-electron chi connectivity index (χ3n) is 2.32. The molecule has 1 aromatic carbocycles. The zero-order chi connectivity index (χ0) is 12.3. The summed E-state index contributed by atoms with van der Waals surface area (Å²) in [5.41, 5.74) is 5.09. The van der Waals surface area contributed by atoms with Gasteiger partial charge in [-0.05, 0) is 18.1 Å². The van der Waals surface area contributed by atoms with Crippen LogP contribution >= 0.6 is 0 Å². The Labute approximate surface area is 92.5 Å². The quantitative estimate of drug-likeness (QED) is 0.706. The Kier molecular flexibility index (Phi) is 3.63. The minimum absolute atomic E-state index is 0.121. The van der Waals surface area contributed by atoms with Crippen LogP contribution in [0.15, 0.2) is 18.2 Å². The van der Waals surface area contributed by atoms with Gasteiger partial charge in [0.15, 0.2) is 0 Å². The third kappa shape index (κ3) is 2.20. The van der Waals surface area contributed by atoms with Crippen LogP contribution in [0, 0.1) is 0 Å². The number of amides is 1. The summed E-state index contributed by atoms with van der Waals surface area (Å²) in [4.78, 5) is 22.1. The first-order valence-electron chi connectivity index (χ1n) is 4.83. The van der Waals surface area contributed by atoms with E-state index in [4.69, 9.17) is 10.8 Å². The molecule has 5 heteroatoms. The maximum absolute atomic E-state index is 11.2. The van der Waals surface area contributed by atoms with Gasteiger partial charge in [0.1, 0.15) is 0 Å². The highest BCUT2D eigenvalue weighted by molar-refractivity contribution is 6.05. The molecule has 0 aromatic heterocycles. The molecular weight excluding hydrogens is 210 g/mol. The zero-order valence-electron chi connectivity index (χ0n) is 8.80. The van der Waals surface area contributed by atoms with Crippen molar-refractivity contribution in [3.63, 3.8) is 0 Å². The van der Waals surface area contributed by atoms with Gasteiger partial charge < -0.3 is 15.9 Å². The Balaban J connectivity index is 3.44. The normalized spacial score (nSPS) is 12.1. The summed E-state index contributed by atoms with van der Waals surface area (Å²) in [6.45, 7) is 1.73. The minimum atomic E-state index is -1.24. The second kappa shape index (κ2) is 4.76. The highest BCUT2D eigenvalue weighted by Gasteiger charge is 2.21. The number of hydrogen-bond donors (Lipinski definition) is 3. The molecule has 0 heterocycles. The predicted octanol–water partition coefficient (Wildman–Crippen LogP) is 0.927. The molecule has 0 aliphatic carbocycles. The van der Waals surface area contributed by atoms with Gasteiger partial charge in [0, 0.05) is 0 Å². The van der Waals surface area contributed by atoms with Gasteiger partial charge in [-0.15, -0.1) is 0 Å². The van der Waals surface area contributed by atoms with Crippen LogP contribution in [0.4, 0.5) is 0 Å². The highest BCUT2D eigenvalue weighted by Crippen LogP contribution is 2.23. The van der Waals surface area contributed by atoms with Crippen LogP contribution in [-0.2, 0) is 0 Å². The number of carbonyl (C=O) groups is 2. The van der Waals surface area contributed by atoms with Crippen LogP contribution < -0.4 is 5.73 Å². The van der Waals surface area contributed by atoms with E-state index in [0.717, 1.165) is 0 Å². The van der Waals surface area contributed by atoms with E-state index in [-0.39, 0.29) is 16.7 Å². The summed E-state index contributed by atoms with van der Waals surface area (Å²) >= 11 is 0. The number of primary amides is 1. The van der Waals surface area contributed by atoms with Gasteiger partial charge in [0.2, 0.25) is 5.91 Å². The average Bonchev–Trinajstić information content (AvgIpc) is 2.26.